The van der Waals surface area contributed by atoms with Crippen LogP contribution in [0.2, 0.25) is 5.02 Å². The third-order valence-corrected chi connectivity index (χ3v) is 3.34. The first-order valence-corrected chi connectivity index (χ1v) is 7.46. The number of benzene rings is 1. The van der Waals surface area contributed by atoms with Crippen molar-refractivity contribution in [1.82, 2.24) is 0 Å². The predicted octanol–water partition coefficient (Wildman–Crippen LogP) is 2.58. The lowest BCUT2D eigenvalue weighted by atomic mass is 10.3. The smallest absolute Gasteiger partial charge is 0.315 e. The van der Waals surface area contributed by atoms with Crippen LogP contribution >= 0.6 is 23.4 Å². The van der Waals surface area contributed by atoms with Crippen molar-refractivity contribution >= 4 is 40.9 Å². The number of anilines is 1. The molecule has 1 N–H and O–H groups in total. The van der Waals surface area contributed by atoms with Crippen molar-refractivity contribution in [2.75, 3.05) is 30.5 Å². The number of nitrogens with one attached hydrogen (secondary N) is 1. The molecular weight excluding hydrogens is 302 g/mol. The summed E-state index contributed by atoms with van der Waals surface area (Å²) < 4.78 is 9.89. The van der Waals surface area contributed by atoms with Crippen LogP contribution in [0.15, 0.2) is 18.2 Å². The molecule has 0 fully saturated rings. The molecule has 1 aromatic rings. The molecule has 0 radical (unpaired) electrons. The van der Waals surface area contributed by atoms with E-state index in [1.165, 1.54) is 18.9 Å². The molecule has 1 amide bonds. The first kappa shape index (κ1) is 16.7. The Bertz CT molecular complexity index is 481. The van der Waals surface area contributed by atoms with Gasteiger partial charge in [-0.25, -0.2) is 0 Å². The summed E-state index contributed by atoms with van der Waals surface area (Å²) in [6.45, 7) is 2.08. The molecule has 0 heterocycles. The fraction of sp³-hybridized carbons (Fsp3) is 0.385. The molecule has 20 heavy (non-hydrogen) atoms. The average molecular weight is 318 g/mol. The molecule has 0 aliphatic heterocycles. The molecule has 7 heteroatoms. The summed E-state index contributed by atoms with van der Waals surface area (Å²) in [6.07, 6.45) is 0. The second kappa shape index (κ2) is 8.71. The van der Waals surface area contributed by atoms with Crippen LogP contribution in [-0.4, -0.2) is 37.1 Å². The SMILES string of the molecule is CCOC(=O)CSCC(=O)Nc1cc(Cl)ccc1OC. The van der Waals surface area contributed by atoms with Gasteiger partial charge in [-0.15, -0.1) is 11.8 Å². The van der Waals surface area contributed by atoms with E-state index in [0.717, 1.165) is 0 Å². The van der Waals surface area contributed by atoms with Crippen LogP contribution in [0.3, 0.4) is 0 Å². The number of hydrogen-bond donors (Lipinski definition) is 1. The number of esters is 1. The Morgan fingerprint density at radius 1 is 1.35 bits per heavy atom. The van der Waals surface area contributed by atoms with Crippen molar-refractivity contribution in [3.05, 3.63) is 23.2 Å². The zero-order chi connectivity index (χ0) is 15.0. The van der Waals surface area contributed by atoms with E-state index >= 15 is 0 Å². The Morgan fingerprint density at radius 2 is 2.10 bits per heavy atom. The number of rotatable bonds is 7. The highest BCUT2D eigenvalue weighted by atomic mass is 35.5. The van der Waals surface area contributed by atoms with Crippen LogP contribution in [-0.2, 0) is 14.3 Å². The second-order valence-corrected chi connectivity index (χ2v) is 5.11. The highest BCUT2D eigenvalue weighted by Crippen LogP contribution is 2.27. The fourth-order valence-electron chi connectivity index (χ4n) is 1.39. The van der Waals surface area contributed by atoms with E-state index in [9.17, 15) is 9.59 Å². The maximum Gasteiger partial charge on any atom is 0.315 e. The first-order chi connectivity index (χ1) is 9.56. The zero-order valence-electron chi connectivity index (χ0n) is 11.3. The summed E-state index contributed by atoms with van der Waals surface area (Å²) >= 11 is 7.05. The lowest BCUT2D eigenvalue weighted by Gasteiger charge is -2.10. The van der Waals surface area contributed by atoms with Crippen molar-refractivity contribution in [1.29, 1.82) is 0 Å². The molecule has 0 aromatic heterocycles. The van der Waals surface area contributed by atoms with Crippen molar-refractivity contribution in [2.45, 2.75) is 6.92 Å². The Balaban J connectivity index is 2.46. The van der Waals surface area contributed by atoms with E-state index < -0.39 is 0 Å². The summed E-state index contributed by atoms with van der Waals surface area (Å²) in [5, 5.41) is 3.19. The summed E-state index contributed by atoms with van der Waals surface area (Å²) in [7, 11) is 1.51. The van der Waals surface area contributed by atoms with Crippen molar-refractivity contribution < 1.29 is 19.1 Å². The van der Waals surface area contributed by atoms with E-state index in [0.29, 0.717) is 23.1 Å². The van der Waals surface area contributed by atoms with Gasteiger partial charge in [0.1, 0.15) is 5.75 Å². The average Bonchev–Trinajstić information content (AvgIpc) is 2.39. The Labute approximate surface area is 127 Å². The van der Waals surface area contributed by atoms with Gasteiger partial charge >= 0.3 is 5.97 Å². The number of thioether (sulfide) groups is 1. The van der Waals surface area contributed by atoms with Crippen LogP contribution in [0.1, 0.15) is 6.92 Å². The fourth-order valence-corrected chi connectivity index (χ4v) is 2.18. The van der Waals surface area contributed by atoms with Gasteiger partial charge in [0.2, 0.25) is 5.91 Å². The van der Waals surface area contributed by atoms with Crippen molar-refractivity contribution in [2.24, 2.45) is 0 Å². The highest BCUT2D eigenvalue weighted by molar-refractivity contribution is 8.00. The topological polar surface area (TPSA) is 64.6 Å². The van der Waals surface area contributed by atoms with Crippen LogP contribution in [0, 0.1) is 0 Å². The Hall–Kier alpha value is -1.40. The number of amides is 1. The van der Waals surface area contributed by atoms with Crippen LogP contribution < -0.4 is 10.1 Å². The van der Waals surface area contributed by atoms with Gasteiger partial charge in [-0.2, -0.15) is 0 Å². The van der Waals surface area contributed by atoms with E-state index in [2.05, 4.69) is 5.32 Å². The van der Waals surface area contributed by atoms with Crippen molar-refractivity contribution in [3.63, 3.8) is 0 Å². The van der Waals surface area contributed by atoms with Gasteiger partial charge in [0.05, 0.1) is 30.9 Å². The minimum absolute atomic E-state index is 0.147. The molecule has 0 aliphatic carbocycles. The summed E-state index contributed by atoms with van der Waals surface area (Å²) in [5.74, 6) is 0.256. The molecule has 0 spiro atoms. The van der Waals surface area contributed by atoms with E-state index in [1.807, 2.05) is 0 Å². The van der Waals surface area contributed by atoms with Gasteiger partial charge in [0.25, 0.3) is 0 Å². The number of halogens is 1. The molecule has 0 atom stereocenters. The standard InChI is InChI=1S/C13H16ClNO4S/c1-3-19-13(17)8-20-7-12(16)15-10-6-9(14)4-5-11(10)18-2/h4-6H,3,7-8H2,1-2H3,(H,15,16). The monoisotopic (exact) mass is 317 g/mol. The van der Waals surface area contributed by atoms with Crippen LogP contribution in [0.5, 0.6) is 5.75 Å². The quantitative estimate of drug-likeness (QED) is 0.783. The lowest BCUT2D eigenvalue weighted by molar-refractivity contribution is -0.139. The highest BCUT2D eigenvalue weighted by Gasteiger charge is 2.10. The number of ether oxygens (including phenoxy) is 2. The summed E-state index contributed by atoms with van der Waals surface area (Å²) in [4.78, 5) is 22.9. The number of hydrogen-bond acceptors (Lipinski definition) is 5. The van der Waals surface area contributed by atoms with Crippen molar-refractivity contribution in [3.8, 4) is 5.75 Å². The maximum absolute atomic E-state index is 11.7. The molecular formula is C13H16ClNO4S. The zero-order valence-corrected chi connectivity index (χ0v) is 12.8. The van der Waals surface area contributed by atoms with Gasteiger partial charge in [-0.05, 0) is 25.1 Å². The number of carbonyl (C=O) groups excluding carboxylic acids is 2. The molecule has 5 nitrogen and oxygen atoms in total. The third kappa shape index (κ3) is 5.71. The first-order valence-electron chi connectivity index (χ1n) is 5.93. The second-order valence-electron chi connectivity index (χ2n) is 3.69. The Morgan fingerprint density at radius 3 is 2.75 bits per heavy atom. The van der Waals surface area contributed by atoms with Gasteiger partial charge in [-0.1, -0.05) is 11.6 Å². The molecule has 0 unspecified atom stereocenters. The third-order valence-electron chi connectivity index (χ3n) is 2.19. The van der Waals surface area contributed by atoms with Crippen LogP contribution in [0.25, 0.3) is 0 Å². The molecule has 0 saturated heterocycles. The normalized spacial score (nSPS) is 9.95. The Kier molecular flexibility index (Phi) is 7.25. The molecule has 110 valence electrons. The number of carbonyl (C=O) groups is 2. The largest absolute Gasteiger partial charge is 0.495 e. The van der Waals surface area contributed by atoms with E-state index in [4.69, 9.17) is 21.1 Å². The minimum Gasteiger partial charge on any atom is -0.495 e. The van der Waals surface area contributed by atoms with Gasteiger partial charge in [0.15, 0.2) is 0 Å². The maximum atomic E-state index is 11.7. The van der Waals surface area contributed by atoms with Gasteiger partial charge in [0, 0.05) is 5.02 Å². The molecule has 0 aliphatic rings. The molecule has 0 bridgehead atoms. The van der Waals surface area contributed by atoms with Gasteiger partial charge < -0.3 is 14.8 Å². The minimum atomic E-state index is -0.328. The molecule has 1 rings (SSSR count). The lowest BCUT2D eigenvalue weighted by Crippen LogP contribution is -2.16. The molecule has 1 aromatic carbocycles. The van der Waals surface area contributed by atoms with Gasteiger partial charge in [-0.3, -0.25) is 9.59 Å². The number of methoxy groups -OCH3 is 1. The van der Waals surface area contributed by atoms with E-state index in [1.54, 1.807) is 25.1 Å². The molecule has 0 saturated carbocycles. The van der Waals surface area contributed by atoms with Crippen LogP contribution in [0.4, 0.5) is 5.69 Å². The summed E-state index contributed by atoms with van der Waals surface area (Å²) in [6, 6.07) is 4.95. The van der Waals surface area contributed by atoms with E-state index in [-0.39, 0.29) is 23.4 Å². The predicted molar refractivity (Wildman–Crippen MR) is 80.6 cm³/mol. The summed E-state index contributed by atoms with van der Waals surface area (Å²) in [5.41, 5.74) is 0.502.